The Hall–Kier alpha value is -0.900. The maximum absolute atomic E-state index is 12.2. The number of carbonyl (C=O) groups excluding carboxylic acids is 1. The quantitative estimate of drug-likeness (QED) is 0.511. The molecule has 0 aromatic heterocycles. The smallest absolute Gasteiger partial charge is 0.412 e. The van der Waals surface area contributed by atoms with Gasteiger partial charge in [-0.05, 0) is 0 Å². The topological polar surface area (TPSA) is 74.3 Å². The molecule has 0 N–H and O–H groups in total. The largest absolute Gasteiger partial charge is 0.544 e. The molecule has 0 radical (unpaired) electrons. The van der Waals surface area contributed by atoms with Crippen LogP contribution in [-0.4, -0.2) is 64.5 Å². The van der Waals surface area contributed by atoms with Crippen LogP contribution in [0.25, 0.3) is 0 Å². The summed E-state index contributed by atoms with van der Waals surface area (Å²) in [6.45, 7) is 0. The van der Waals surface area contributed by atoms with Gasteiger partial charge in [0.25, 0.3) is 0 Å². The summed E-state index contributed by atoms with van der Waals surface area (Å²) in [5.41, 5.74) is 0. The highest BCUT2D eigenvalue weighted by atomic mass is 32.2. The first-order chi connectivity index (χ1) is 7.44. The number of hydrogen-bond donors (Lipinski definition) is 0. The van der Waals surface area contributed by atoms with Crippen molar-refractivity contribution < 1.29 is 40.4 Å². The minimum Gasteiger partial charge on any atom is -0.544 e. The average Bonchev–Trinajstić information content (AvgIpc) is 1.97. The molecular formula is C8H15F4NO4S. The number of rotatable bonds is 3. The van der Waals surface area contributed by atoms with Crippen LogP contribution in [0.15, 0.2) is 0 Å². The van der Waals surface area contributed by atoms with Crippen molar-refractivity contribution in [2.45, 2.75) is 11.2 Å². The van der Waals surface area contributed by atoms with Gasteiger partial charge in [0.05, 0.1) is 28.2 Å². The van der Waals surface area contributed by atoms with E-state index in [4.69, 9.17) is 0 Å². The first-order valence-electron chi connectivity index (χ1n) is 4.40. The van der Waals surface area contributed by atoms with Gasteiger partial charge in [0, 0.05) is 6.26 Å². The maximum Gasteiger partial charge on any atom is 0.412 e. The predicted molar refractivity (Wildman–Crippen MR) is 53.7 cm³/mol. The van der Waals surface area contributed by atoms with Crippen LogP contribution in [0.5, 0.6) is 0 Å². The van der Waals surface area contributed by atoms with Crippen LogP contribution in [0.4, 0.5) is 17.6 Å². The molecule has 0 amide bonds. The first kappa shape index (κ1) is 19.4. The summed E-state index contributed by atoms with van der Waals surface area (Å²) in [4.78, 5) is 9.51. The normalized spacial score (nSPS) is 13.6. The molecule has 110 valence electrons. The molecule has 18 heavy (non-hydrogen) atoms. The fourth-order valence-electron chi connectivity index (χ4n) is 0.352. The van der Waals surface area contributed by atoms with Crippen LogP contribution in [0.3, 0.4) is 0 Å². The van der Waals surface area contributed by atoms with E-state index in [0.717, 1.165) is 4.48 Å². The Morgan fingerprint density at radius 3 is 1.33 bits per heavy atom. The van der Waals surface area contributed by atoms with Gasteiger partial charge in [-0.1, -0.05) is 0 Å². The molecule has 0 fully saturated rings. The number of carbonyl (C=O) groups is 1. The summed E-state index contributed by atoms with van der Waals surface area (Å²) in [6, 6.07) is 0. The fourth-order valence-corrected chi connectivity index (χ4v) is 0.901. The molecule has 0 heterocycles. The minimum atomic E-state index is -5.74. The molecule has 0 rings (SSSR count). The van der Waals surface area contributed by atoms with E-state index in [9.17, 15) is 35.9 Å². The second-order valence-corrected chi connectivity index (χ2v) is 6.89. The van der Waals surface area contributed by atoms with Crippen molar-refractivity contribution in [2.24, 2.45) is 0 Å². The SMILES string of the molecule is CS(=O)(=O)C(F)(F)C(F)(F)C(=O)[O-].C[N+](C)(C)C. The van der Waals surface area contributed by atoms with E-state index in [2.05, 4.69) is 28.2 Å². The number of quaternary nitrogens is 1. The van der Waals surface area contributed by atoms with Crippen LogP contribution in [-0.2, 0) is 14.6 Å². The van der Waals surface area contributed by atoms with Gasteiger partial charge in [-0.3, -0.25) is 0 Å². The Balaban J connectivity index is 0. The standard InChI is InChI=1S/C4H4F4O4S.C4H12N/c1-13(11,12)4(7,8)3(5,6)2(9)10;1-5(2,3)4/h1H3,(H,9,10);1-4H3/q;+1/p-1. The van der Waals surface area contributed by atoms with Crippen molar-refractivity contribution in [3.05, 3.63) is 0 Å². The van der Waals surface area contributed by atoms with Gasteiger partial charge in [-0.25, -0.2) is 8.42 Å². The van der Waals surface area contributed by atoms with E-state index in [0.29, 0.717) is 0 Å². The molecule has 0 saturated heterocycles. The summed E-state index contributed by atoms with van der Waals surface area (Å²) < 4.78 is 69.6. The second kappa shape index (κ2) is 5.39. The summed E-state index contributed by atoms with van der Waals surface area (Å²) in [7, 11) is 2.99. The molecular weight excluding hydrogens is 282 g/mol. The van der Waals surface area contributed by atoms with Crippen LogP contribution < -0.4 is 5.11 Å². The number of nitrogens with zero attached hydrogens (tertiary/aromatic N) is 1. The van der Waals surface area contributed by atoms with Crippen LogP contribution in [0.1, 0.15) is 0 Å². The highest BCUT2D eigenvalue weighted by Gasteiger charge is 2.64. The number of hydrogen-bond acceptors (Lipinski definition) is 4. The summed E-state index contributed by atoms with van der Waals surface area (Å²) in [6.07, 6.45) is -0.205. The fraction of sp³-hybridized carbons (Fsp3) is 0.875. The van der Waals surface area contributed by atoms with Crippen molar-refractivity contribution in [1.29, 1.82) is 0 Å². The lowest BCUT2D eigenvalue weighted by molar-refractivity contribution is -0.849. The molecule has 0 aliphatic heterocycles. The van der Waals surface area contributed by atoms with E-state index in [1.165, 1.54) is 0 Å². The highest BCUT2D eigenvalue weighted by Crippen LogP contribution is 2.37. The molecule has 0 aliphatic rings. The van der Waals surface area contributed by atoms with E-state index >= 15 is 0 Å². The maximum atomic E-state index is 12.2. The molecule has 0 spiro atoms. The summed E-state index contributed by atoms with van der Waals surface area (Å²) in [5, 5.41) is 3.84. The Labute approximate surface area is 103 Å². The Morgan fingerprint density at radius 1 is 1.06 bits per heavy atom. The van der Waals surface area contributed by atoms with Crippen molar-refractivity contribution >= 4 is 15.8 Å². The zero-order chi connectivity index (χ0) is 15.6. The predicted octanol–water partition coefficient (Wildman–Crippen LogP) is -0.669. The van der Waals surface area contributed by atoms with Gasteiger partial charge in [-0.15, -0.1) is 0 Å². The van der Waals surface area contributed by atoms with Crippen LogP contribution in [0.2, 0.25) is 0 Å². The molecule has 10 heteroatoms. The molecule has 0 saturated carbocycles. The summed E-state index contributed by atoms with van der Waals surface area (Å²) in [5.74, 6) is -9.18. The van der Waals surface area contributed by atoms with E-state index in [-0.39, 0.29) is 6.26 Å². The van der Waals surface area contributed by atoms with Crippen molar-refractivity contribution in [2.75, 3.05) is 34.4 Å². The number of sulfone groups is 1. The van der Waals surface area contributed by atoms with Crippen LogP contribution in [0, 0.1) is 0 Å². The Kier molecular flexibility index (Phi) is 5.82. The zero-order valence-corrected chi connectivity index (χ0v) is 11.3. The van der Waals surface area contributed by atoms with Gasteiger partial charge >= 0.3 is 11.2 Å². The molecule has 0 aromatic carbocycles. The van der Waals surface area contributed by atoms with Crippen molar-refractivity contribution in [3.8, 4) is 0 Å². The number of carboxylic acid groups (broad SMARTS) is 1. The van der Waals surface area contributed by atoms with Gasteiger partial charge < -0.3 is 14.4 Å². The lowest BCUT2D eigenvalue weighted by Gasteiger charge is -2.24. The van der Waals surface area contributed by atoms with E-state index < -0.39 is 27.0 Å². The molecule has 0 aliphatic carbocycles. The zero-order valence-electron chi connectivity index (χ0n) is 10.5. The van der Waals surface area contributed by atoms with Gasteiger partial charge in [0.2, 0.25) is 9.84 Å². The van der Waals surface area contributed by atoms with Gasteiger partial charge in [-0.2, -0.15) is 17.6 Å². The third kappa shape index (κ3) is 5.63. The van der Waals surface area contributed by atoms with Crippen molar-refractivity contribution in [1.82, 2.24) is 0 Å². The molecule has 0 atom stereocenters. The number of carboxylic acids is 1. The lowest BCUT2D eigenvalue weighted by atomic mass is 10.3. The Bertz CT molecular complexity index is 394. The second-order valence-electron chi connectivity index (χ2n) is 4.83. The third-order valence-corrected chi connectivity index (χ3v) is 2.28. The van der Waals surface area contributed by atoms with E-state index in [1.807, 2.05) is 0 Å². The average molecular weight is 297 g/mol. The third-order valence-electron chi connectivity index (χ3n) is 1.09. The molecule has 0 aromatic rings. The number of halogens is 4. The molecule has 0 unspecified atom stereocenters. The summed E-state index contributed by atoms with van der Waals surface area (Å²) >= 11 is 0. The Morgan fingerprint density at radius 2 is 1.28 bits per heavy atom. The first-order valence-corrected chi connectivity index (χ1v) is 6.29. The molecule has 5 nitrogen and oxygen atoms in total. The van der Waals surface area contributed by atoms with Crippen LogP contribution >= 0.6 is 0 Å². The van der Waals surface area contributed by atoms with Crippen molar-refractivity contribution in [3.63, 3.8) is 0 Å². The van der Waals surface area contributed by atoms with Gasteiger partial charge in [0.15, 0.2) is 0 Å². The number of aliphatic carboxylic acids is 1. The number of alkyl halides is 4. The monoisotopic (exact) mass is 297 g/mol. The minimum absolute atomic E-state index is 0.205. The van der Waals surface area contributed by atoms with E-state index in [1.54, 1.807) is 0 Å². The lowest BCUT2D eigenvalue weighted by Crippen LogP contribution is -2.57. The molecule has 0 bridgehead atoms. The highest BCUT2D eigenvalue weighted by molar-refractivity contribution is 7.91. The van der Waals surface area contributed by atoms with Gasteiger partial charge in [0.1, 0.15) is 5.97 Å².